The van der Waals surface area contributed by atoms with E-state index in [9.17, 15) is 22.8 Å². The van der Waals surface area contributed by atoms with Gasteiger partial charge in [-0.2, -0.15) is 13.2 Å². The number of pyridine rings is 1. The zero-order valence-corrected chi connectivity index (χ0v) is 22.1. The van der Waals surface area contributed by atoms with Crippen molar-refractivity contribution in [2.45, 2.75) is 25.4 Å². The number of likely N-dealkylation sites (N-methyl/N-ethyl adjacent to an activating group) is 1. The highest BCUT2D eigenvalue weighted by Gasteiger charge is 2.34. The molecule has 3 heterocycles. The van der Waals surface area contributed by atoms with Crippen molar-refractivity contribution in [3.8, 4) is 5.88 Å². The number of nitrogens with zero attached hydrogens (tertiary/aromatic N) is 5. The Morgan fingerprint density at radius 1 is 1.16 bits per heavy atom. The third-order valence-electron chi connectivity index (χ3n) is 4.86. The Morgan fingerprint density at radius 2 is 1.89 bits per heavy atom. The molecule has 0 aliphatic rings. The number of ether oxygens (including phenoxy) is 1. The molecule has 37 heavy (non-hydrogen) atoms. The number of halogens is 5. The molecule has 1 atom stereocenters. The molecule has 1 N–H and O–H groups in total. The molecule has 1 unspecified atom stereocenters. The Hall–Kier alpha value is -2.87. The molecular formula is C22H21Cl2F3N6O3S. The standard InChI is InChI=1S/C22H21Cl2F3N6O3S/c1-11(6-14(34)18-17(24)20(31-10-30-18)36-5-4-33(2)3)21-29-9-15(37-21)19(35)32-16-7-12(22(25,26)27)13(23)8-28-16/h7-11H,4-6H2,1-3H3,(H,28,32,35). The van der Waals surface area contributed by atoms with E-state index in [0.717, 1.165) is 17.5 Å². The number of thiazole rings is 1. The summed E-state index contributed by atoms with van der Waals surface area (Å²) in [7, 11) is 3.76. The second-order valence-corrected chi connectivity index (χ2v) is 9.93. The number of hydrogen-bond donors (Lipinski definition) is 1. The highest BCUT2D eigenvalue weighted by atomic mass is 35.5. The molecule has 0 radical (unpaired) electrons. The second kappa shape index (κ2) is 12.1. The molecule has 3 aromatic rings. The van der Waals surface area contributed by atoms with Crippen LogP contribution in [-0.2, 0) is 6.18 Å². The summed E-state index contributed by atoms with van der Waals surface area (Å²) >= 11 is 12.8. The predicted molar refractivity (Wildman–Crippen MR) is 133 cm³/mol. The maximum atomic E-state index is 13.1. The Morgan fingerprint density at radius 3 is 2.57 bits per heavy atom. The Balaban J connectivity index is 1.66. The largest absolute Gasteiger partial charge is 0.475 e. The van der Waals surface area contributed by atoms with Crippen molar-refractivity contribution < 1.29 is 27.5 Å². The fraction of sp³-hybridized carbons (Fsp3) is 0.364. The predicted octanol–water partition coefficient (Wildman–Crippen LogP) is 5.22. The maximum absolute atomic E-state index is 13.1. The first kappa shape index (κ1) is 28.7. The summed E-state index contributed by atoms with van der Waals surface area (Å²) in [5.74, 6) is -1.70. The van der Waals surface area contributed by atoms with Gasteiger partial charge in [0.05, 0.1) is 21.8 Å². The van der Waals surface area contributed by atoms with Crippen molar-refractivity contribution in [1.29, 1.82) is 0 Å². The Bertz CT molecular complexity index is 1290. The number of anilines is 1. The molecule has 15 heteroatoms. The fourth-order valence-corrected chi connectivity index (χ4v) is 4.29. The molecule has 0 aromatic carbocycles. The normalized spacial score (nSPS) is 12.5. The van der Waals surface area contributed by atoms with Crippen molar-refractivity contribution in [2.24, 2.45) is 0 Å². The molecule has 0 spiro atoms. The number of carbonyl (C=O) groups excluding carboxylic acids is 2. The smallest absolute Gasteiger partial charge is 0.418 e. The van der Waals surface area contributed by atoms with Crippen LogP contribution in [0.3, 0.4) is 0 Å². The van der Waals surface area contributed by atoms with E-state index in [0.29, 0.717) is 24.2 Å². The van der Waals surface area contributed by atoms with Crippen molar-refractivity contribution in [3.63, 3.8) is 0 Å². The summed E-state index contributed by atoms with van der Waals surface area (Å²) in [5, 5.41) is 2.18. The van der Waals surface area contributed by atoms with E-state index in [1.807, 2.05) is 19.0 Å². The summed E-state index contributed by atoms with van der Waals surface area (Å²) in [6, 6.07) is 0.646. The van der Waals surface area contributed by atoms with E-state index in [4.69, 9.17) is 27.9 Å². The van der Waals surface area contributed by atoms with Gasteiger partial charge in [-0.15, -0.1) is 11.3 Å². The van der Waals surface area contributed by atoms with Gasteiger partial charge in [0.2, 0.25) is 5.88 Å². The van der Waals surface area contributed by atoms with Gasteiger partial charge >= 0.3 is 6.18 Å². The molecule has 9 nitrogen and oxygen atoms in total. The number of nitrogens with one attached hydrogen (secondary N) is 1. The summed E-state index contributed by atoms with van der Waals surface area (Å²) in [4.78, 5) is 43.3. The number of Topliss-reactive ketones (excluding diaryl/α,β-unsaturated/α-hetero) is 1. The van der Waals surface area contributed by atoms with Crippen LogP contribution >= 0.6 is 34.5 Å². The summed E-state index contributed by atoms with van der Waals surface area (Å²) in [6.07, 6.45) is -1.45. The average Bonchev–Trinajstić information content (AvgIpc) is 3.31. The van der Waals surface area contributed by atoms with Crippen molar-refractivity contribution in [1.82, 2.24) is 24.8 Å². The number of aromatic nitrogens is 4. The van der Waals surface area contributed by atoms with Crippen LogP contribution in [0.2, 0.25) is 10.0 Å². The highest BCUT2D eigenvalue weighted by Crippen LogP contribution is 2.35. The zero-order chi connectivity index (χ0) is 27.3. The molecule has 3 rings (SSSR count). The summed E-state index contributed by atoms with van der Waals surface area (Å²) < 4.78 is 44.7. The van der Waals surface area contributed by atoms with Gasteiger partial charge in [0.1, 0.15) is 34.3 Å². The van der Waals surface area contributed by atoms with Gasteiger partial charge in [0.25, 0.3) is 5.91 Å². The minimum atomic E-state index is -4.70. The molecule has 1 amide bonds. The molecule has 0 aliphatic heterocycles. The number of carbonyl (C=O) groups is 2. The molecule has 0 aliphatic carbocycles. The topological polar surface area (TPSA) is 110 Å². The van der Waals surface area contributed by atoms with Crippen LogP contribution in [0.1, 0.15) is 50.0 Å². The van der Waals surface area contributed by atoms with Crippen LogP contribution in [-0.4, -0.2) is 63.8 Å². The van der Waals surface area contributed by atoms with Crippen LogP contribution in [0.25, 0.3) is 0 Å². The third kappa shape index (κ3) is 7.57. The first-order chi connectivity index (χ1) is 17.4. The first-order valence-corrected chi connectivity index (χ1v) is 12.2. The Kier molecular flexibility index (Phi) is 9.40. The van der Waals surface area contributed by atoms with Crippen LogP contribution in [0.15, 0.2) is 24.8 Å². The molecule has 0 saturated heterocycles. The van der Waals surface area contributed by atoms with Gasteiger partial charge in [-0.25, -0.2) is 19.9 Å². The van der Waals surface area contributed by atoms with Crippen molar-refractivity contribution in [2.75, 3.05) is 32.6 Å². The van der Waals surface area contributed by atoms with E-state index in [-0.39, 0.29) is 39.5 Å². The lowest BCUT2D eigenvalue weighted by molar-refractivity contribution is -0.137. The van der Waals surface area contributed by atoms with E-state index < -0.39 is 28.6 Å². The van der Waals surface area contributed by atoms with E-state index in [1.165, 1.54) is 12.5 Å². The third-order valence-corrected chi connectivity index (χ3v) is 6.73. The zero-order valence-electron chi connectivity index (χ0n) is 19.8. The van der Waals surface area contributed by atoms with Gasteiger partial charge in [-0.3, -0.25) is 9.59 Å². The lowest BCUT2D eigenvalue weighted by Gasteiger charge is -2.12. The van der Waals surface area contributed by atoms with Gasteiger partial charge < -0.3 is 15.0 Å². The van der Waals surface area contributed by atoms with Crippen molar-refractivity contribution in [3.05, 3.63) is 56.0 Å². The number of rotatable bonds is 10. The van der Waals surface area contributed by atoms with E-state index in [2.05, 4.69) is 25.3 Å². The first-order valence-electron chi connectivity index (χ1n) is 10.7. The molecule has 3 aromatic heterocycles. The lowest BCUT2D eigenvalue weighted by atomic mass is 10.0. The van der Waals surface area contributed by atoms with Crippen molar-refractivity contribution >= 4 is 52.0 Å². The number of ketones is 1. The number of amides is 1. The minimum Gasteiger partial charge on any atom is -0.475 e. The molecule has 0 saturated carbocycles. The monoisotopic (exact) mass is 576 g/mol. The number of alkyl halides is 3. The average molecular weight is 577 g/mol. The quantitative estimate of drug-likeness (QED) is 0.327. The Labute approximate surface area is 224 Å². The van der Waals surface area contributed by atoms with Gasteiger partial charge in [-0.05, 0) is 20.2 Å². The van der Waals surface area contributed by atoms with E-state index in [1.54, 1.807) is 6.92 Å². The lowest BCUT2D eigenvalue weighted by Crippen LogP contribution is -2.20. The maximum Gasteiger partial charge on any atom is 0.418 e. The number of hydrogen-bond acceptors (Lipinski definition) is 9. The molecule has 0 bridgehead atoms. The summed E-state index contributed by atoms with van der Waals surface area (Å²) in [6.45, 7) is 2.68. The van der Waals surface area contributed by atoms with Crippen LogP contribution in [0.5, 0.6) is 5.88 Å². The highest BCUT2D eigenvalue weighted by molar-refractivity contribution is 7.13. The molecule has 198 valence electrons. The van der Waals surface area contributed by atoms with Crippen LogP contribution in [0.4, 0.5) is 19.0 Å². The molecule has 0 fully saturated rings. The fourth-order valence-electron chi connectivity index (χ4n) is 2.96. The van der Waals surface area contributed by atoms with Crippen LogP contribution < -0.4 is 10.1 Å². The van der Waals surface area contributed by atoms with E-state index >= 15 is 0 Å². The molecular weight excluding hydrogens is 556 g/mol. The minimum absolute atomic E-state index is 0.00588. The SMILES string of the molecule is CC(CC(=O)c1ncnc(OCCN(C)C)c1Cl)c1ncc(C(=O)Nc2cc(C(F)(F)F)c(Cl)cn2)s1. The van der Waals surface area contributed by atoms with Gasteiger partial charge in [0.15, 0.2) is 5.78 Å². The van der Waals surface area contributed by atoms with Crippen LogP contribution in [0, 0.1) is 0 Å². The summed E-state index contributed by atoms with van der Waals surface area (Å²) in [5.41, 5.74) is -1.11. The second-order valence-electron chi connectivity index (χ2n) is 8.09. The van der Waals surface area contributed by atoms with Gasteiger partial charge in [0, 0.05) is 25.1 Å². The van der Waals surface area contributed by atoms with Gasteiger partial charge in [-0.1, -0.05) is 30.1 Å².